The van der Waals surface area contributed by atoms with E-state index in [1.165, 1.54) is 38.6 Å². The number of likely N-dealkylation sites (N-methyl/N-ethyl adjacent to an activating group) is 1. The molecule has 2 fully saturated rings. The predicted octanol–water partition coefficient (Wildman–Crippen LogP) is 2.00. The van der Waals surface area contributed by atoms with Crippen molar-refractivity contribution in [3.8, 4) is 0 Å². The Balaban J connectivity index is 1.89. The number of rotatable bonds is 6. The van der Waals surface area contributed by atoms with Crippen LogP contribution >= 0.6 is 0 Å². The first-order chi connectivity index (χ1) is 8.24. The molecule has 1 aliphatic heterocycles. The Morgan fingerprint density at radius 3 is 2.47 bits per heavy atom. The van der Waals surface area contributed by atoms with E-state index >= 15 is 0 Å². The van der Waals surface area contributed by atoms with Crippen molar-refractivity contribution in [3.63, 3.8) is 0 Å². The molecule has 2 rings (SSSR count). The zero-order chi connectivity index (χ0) is 12.3. The molecule has 1 saturated carbocycles. The Morgan fingerprint density at radius 2 is 2.06 bits per heavy atom. The summed E-state index contributed by atoms with van der Waals surface area (Å²) in [4.78, 5) is 2.56. The van der Waals surface area contributed by atoms with Gasteiger partial charge in [0.05, 0.1) is 12.2 Å². The van der Waals surface area contributed by atoms with Gasteiger partial charge < -0.3 is 10.5 Å². The quantitative estimate of drug-likeness (QED) is 0.772. The highest BCUT2D eigenvalue weighted by atomic mass is 16.5. The summed E-state index contributed by atoms with van der Waals surface area (Å²) >= 11 is 0. The number of nitrogens with zero attached hydrogens (tertiary/aromatic N) is 1. The molecule has 3 unspecified atom stereocenters. The van der Waals surface area contributed by atoms with Crippen molar-refractivity contribution in [1.82, 2.24) is 4.90 Å². The van der Waals surface area contributed by atoms with Gasteiger partial charge in [-0.05, 0) is 45.1 Å². The summed E-state index contributed by atoms with van der Waals surface area (Å²) in [5, 5.41) is 0. The minimum absolute atomic E-state index is 0.370. The fourth-order valence-corrected chi connectivity index (χ4v) is 3.16. The van der Waals surface area contributed by atoms with Crippen molar-refractivity contribution in [2.75, 3.05) is 19.6 Å². The van der Waals surface area contributed by atoms with Gasteiger partial charge in [0, 0.05) is 19.1 Å². The standard InChI is InChI=1S/C14H28N2O/c1-3-16(10-12-5-4-6-12)13(9-15)14-8-7-11(2)17-14/h11-14H,3-10,15H2,1-2H3. The van der Waals surface area contributed by atoms with Crippen molar-refractivity contribution in [1.29, 1.82) is 0 Å². The van der Waals surface area contributed by atoms with Crippen LogP contribution < -0.4 is 5.73 Å². The summed E-state index contributed by atoms with van der Waals surface area (Å²) in [7, 11) is 0. The summed E-state index contributed by atoms with van der Waals surface area (Å²) in [6.45, 7) is 7.49. The molecule has 3 atom stereocenters. The summed E-state index contributed by atoms with van der Waals surface area (Å²) in [6.07, 6.45) is 7.43. The second-order valence-corrected chi connectivity index (χ2v) is 5.75. The molecule has 0 aromatic carbocycles. The Kier molecular flexibility index (Phi) is 4.83. The first-order valence-electron chi connectivity index (χ1n) is 7.34. The monoisotopic (exact) mass is 240 g/mol. The van der Waals surface area contributed by atoms with Gasteiger partial charge in [0.2, 0.25) is 0 Å². The Hall–Kier alpha value is -0.120. The van der Waals surface area contributed by atoms with Gasteiger partial charge in [-0.25, -0.2) is 0 Å². The smallest absolute Gasteiger partial charge is 0.0747 e. The molecule has 0 radical (unpaired) electrons. The maximum atomic E-state index is 6.01. The first-order valence-corrected chi connectivity index (χ1v) is 7.34. The van der Waals surface area contributed by atoms with Gasteiger partial charge in [0.25, 0.3) is 0 Å². The lowest BCUT2D eigenvalue weighted by atomic mass is 9.84. The van der Waals surface area contributed by atoms with Crippen LogP contribution in [0.4, 0.5) is 0 Å². The Labute approximate surface area is 106 Å². The Morgan fingerprint density at radius 1 is 1.29 bits per heavy atom. The second kappa shape index (κ2) is 6.17. The van der Waals surface area contributed by atoms with E-state index in [9.17, 15) is 0 Å². The van der Waals surface area contributed by atoms with Crippen LogP contribution in [0.2, 0.25) is 0 Å². The molecule has 100 valence electrons. The third-order valence-electron chi connectivity index (χ3n) is 4.53. The molecule has 2 aliphatic rings. The summed E-state index contributed by atoms with van der Waals surface area (Å²) in [6, 6.07) is 0.436. The van der Waals surface area contributed by atoms with E-state index in [2.05, 4.69) is 18.7 Å². The van der Waals surface area contributed by atoms with Crippen molar-refractivity contribution in [2.45, 2.75) is 64.2 Å². The fourth-order valence-electron chi connectivity index (χ4n) is 3.16. The largest absolute Gasteiger partial charge is 0.374 e. The van der Waals surface area contributed by atoms with Crippen LogP contribution in [0.5, 0.6) is 0 Å². The van der Waals surface area contributed by atoms with Gasteiger partial charge in [-0.1, -0.05) is 13.3 Å². The van der Waals surface area contributed by atoms with Gasteiger partial charge in [-0.3, -0.25) is 4.90 Å². The average Bonchev–Trinajstić information content (AvgIpc) is 2.68. The highest BCUT2D eigenvalue weighted by Gasteiger charge is 2.33. The molecule has 0 spiro atoms. The molecule has 1 aliphatic carbocycles. The van der Waals surface area contributed by atoms with E-state index in [0.717, 1.165) is 19.0 Å². The molecular formula is C14H28N2O. The summed E-state index contributed by atoms with van der Waals surface area (Å²) in [5.41, 5.74) is 5.99. The lowest BCUT2D eigenvalue weighted by Crippen LogP contribution is -2.50. The fraction of sp³-hybridized carbons (Fsp3) is 1.00. The number of ether oxygens (including phenoxy) is 1. The second-order valence-electron chi connectivity index (χ2n) is 5.75. The van der Waals surface area contributed by atoms with E-state index in [0.29, 0.717) is 18.2 Å². The van der Waals surface area contributed by atoms with Crippen LogP contribution in [0.3, 0.4) is 0 Å². The van der Waals surface area contributed by atoms with Crippen LogP contribution in [0.15, 0.2) is 0 Å². The van der Waals surface area contributed by atoms with E-state index in [1.54, 1.807) is 0 Å². The molecule has 3 heteroatoms. The highest BCUT2D eigenvalue weighted by Crippen LogP contribution is 2.30. The van der Waals surface area contributed by atoms with E-state index in [1.807, 2.05) is 0 Å². The molecule has 0 aromatic rings. The molecule has 0 bridgehead atoms. The van der Waals surface area contributed by atoms with Gasteiger partial charge in [-0.2, -0.15) is 0 Å². The van der Waals surface area contributed by atoms with Crippen LogP contribution in [-0.4, -0.2) is 42.8 Å². The zero-order valence-corrected chi connectivity index (χ0v) is 11.4. The average molecular weight is 240 g/mol. The lowest BCUT2D eigenvalue weighted by molar-refractivity contribution is -0.0105. The number of hydrogen-bond acceptors (Lipinski definition) is 3. The van der Waals surface area contributed by atoms with Gasteiger partial charge in [0.15, 0.2) is 0 Å². The minimum atomic E-state index is 0.370. The third kappa shape index (κ3) is 3.21. The van der Waals surface area contributed by atoms with Gasteiger partial charge in [0.1, 0.15) is 0 Å². The molecule has 3 nitrogen and oxygen atoms in total. The normalized spacial score (nSPS) is 31.8. The van der Waals surface area contributed by atoms with Crippen LogP contribution in [0.25, 0.3) is 0 Å². The predicted molar refractivity (Wildman–Crippen MR) is 71.0 cm³/mol. The van der Waals surface area contributed by atoms with Crippen molar-refractivity contribution < 1.29 is 4.74 Å². The molecule has 0 aromatic heterocycles. The number of nitrogens with two attached hydrogens (primary N) is 1. The van der Waals surface area contributed by atoms with Crippen molar-refractivity contribution >= 4 is 0 Å². The van der Waals surface area contributed by atoms with Crippen LogP contribution in [0, 0.1) is 5.92 Å². The lowest BCUT2D eigenvalue weighted by Gasteiger charge is -2.38. The van der Waals surface area contributed by atoms with E-state index in [-0.39, 0.29) is 0 Å². The zero-order valence-electron chi connectivity index (χ0n) is 11.4. The summed E-state index contributed by atoms with van der Waals surface area (Å²) in [5.74, 6) is 0.919. The molecule has 0 amide bonds. The maximum absolute atomic E-state index is 6.01. The molecule has 2 N–H and O–H groups in total. The van der Waals surface area contributed by atoms with E-state index in [4.69, 9.17) is 10.5 Å². The van der Waals surface area contributed by atoms with Crippen molar-refractivity contribution in [3.05, 3.63) is 0 Å². The highest BCUT2D eigenvalue weighted by molar-refractivity contribution is 4.87. The minimum Gasteiger partial charge on any atom is -0.374 e. The molecule has 1 saturated heterocycles. The molecule has 1 heterocycles. The Bertz CT molecular complexity index is 230. The number of hydrogen-bond donors (Lipinski definition) is 1. The SMILES string of the molecule is CCN(CC1CCC1)C(CN)C1CCC(C)O1. The van der Waals surface area contributed by atoms with Gasteiger partial charge >= 0.3 is 0 Å². The van der Waals surface area contributed by atoms with Crippen molar-refractivity contribution in [2.24, 2.45) is 11.7 Å². The van der Waals surface area contributed by atoms with E-state index < -0.39 is 0 Å². The molecule has 17 heavy (non-hydrogen) atoms. The van der Waals surface area contributed by atoms with Crippen LogP contribution in [0.1, 0.15) is 46.0 Å². The first kappa shape index (κ1) is 13.3. The van der Waals surface area contributed by atoms with Crippen LogP contribution in [-0.2, 0) is 4.74 Å². The van der Waals surface area contributed by atoms with Gasteiger partial charge in [-0.15, -0.1) is 0 Å². The topological polar surface area (TPSA) is 38.5 Å². The summed E-state index contributed by atoms with van der Waals surface area (Å²) < 4.78 is 6.01. The molecular weight excluding hydrogens is 212 g/mol. The third-order valence-corrected chi connectivity index (χ3v) is 4.53. The maximum Gasteiger partial charge on any atom is 0.0747 e.